The van der Waals surface area contributed by atoms with Gasteiger partial charge in [-0.1, -0.05) is 12.6 Å². The molecule has 168 valence electrons. The van der Waals surface area contributed by atoms with Gasteiger partial charge in [-0.3, -0.25) is 4.79 Å². The third kappa shape index (κ3) is 5.18. The molecular formula is C25H21N7O2. The Morgan fingerprint density at radius 2 is 1.94 bits per heavy atom. The highest BCUT2D eigenvalue weighted by Gasteiger charge is 2.14. The SMILES string of the molecule is C=CC(=O)Nc1cc(C#N)cc(-c2nc(Nc3cccc(N4CCOCC4)c3)ncc2C#N)c1. The van der Waals surface area contributed by atoms with E-state index in [0.29, 0.717) is 41.7 Å². The lowest BCUT2D eigenvalue weighted by molar-refractivity contribution is -0.111. The van der Waals surface area contributed by atoms with Gasteiger partial charge in [0, 0.05) is 35.7 Å². The van der Waals surface area contributed by atoms with Crippen LogP contribution in [0.5, 0.6) is 0 Å². The average Bonchev–Trinajstić information content (AvgIpc) is 2.89. The lowest BCUT2D eigenvalue weighted by Gasteiger charge is -2.29. The van der Waals surface area contributed by atoms with Gasteiger partial charge >= 0.3 is 0 Å². The van der Waals surface area contributed by atoms with E-state index in [1.807, 2.05) is 24.3 Å². The first-order valence-electron chi connectivity index (χ1n) is 10.6. The molecule has 0 atom stereocenters. The predicted molar refractivity (Wildman–Crippen MR) is 128 cm³/mol. The van der Waals surface area contributed by atoms with Crippen molar-refractivity contribution in [2.75, 3.05) is 41.8 Å². The lowest BCUT2D eigenvalue weighted by atomic mass is 10.0. The predicted octanol–water partition coefficient (Wildman–Crippen LogP) is 3.59. The summed E-state index contributed by atoms with van der Waals surface area (Å²) in [5.74, 6) is -0.112. The number of morpholine rings is 1. The summed E-state index contributed by atoms with van der Waals surface area (Å²) < 4.78 is 5.42. The molecule has 0 spiro atoms. The molecule has 1 aliphatic rings. The fraction of sp³-hybridized carbons (Fsp3) is 0.160. The van der Waals surface area contributed by atoms with E-state index in [4.69, 9.17) is 4.74 Å². The maximum Gasteiger partial charge on any atom is 0.247 e. The highest BCUT2D eigenvalue weighted by molar-refractivity contribution is 5.99. The molecule has 3 aromatic rings. The van der Waals surface area contributed by atoms with Crippen LogP contribution in [0.1, 0.15) is 11.1 Å². The maximum atomic E-state index is 11.7. The van der Waals surface area contributed by atoms with Crippen LogP contribution < -0.4 is 15.5 Å². The molecule has 9 nitrogen and oxygen atoms in total. The van der Waals surface area contributed by atoms with Gasteiger partial charge in [-0.2, -0.15) is 10.5 Å². The first-order chi connectivity index (χ1) is 16.6. The van der Waals surface area contributed by atoms with E-state index < -0.39 is 5.91 Å². The Labute approximate surface area is 196 Å². The van der Waals surface area contributed by atoms with Crippen molar-refractivity contribution in [3.63, 3.8) is 0 Å². The van der Waals surface area contributed by atoms with Crippen LogP contribution in [0.2, 0.25) is 0 Å². The van der Waals surface area contributed by atoms with E-state index in [0.717, 1.165) is 30.5 Å². The Bertz CT molecular complexity index is 1320. The van der Waals surface area contributed by atoms with Crippen molar-refractivity contribution in [3.05, 3.63) is 72.4 Å². The van der Waals surface area contributed by atoms with Crippen LogP contribution in [-0.4, -0.2) is 42.2 Å². The zero-order valence-electron chi connectivity index (χ0n) is 18.3. The fourth-order valence-electron chi connectivity index (χ4n) is 3.57. The van der Waals surface area contributed by atoms with Crippen molar-refractivity contribution in [2.45, 2.75) is 0 Å². The second kappa shape index (κ2) is 10.3. The van der Waals surface area contributed by atoms with Crippen molar-refractivity contribution < 1.29 is 9.53 Å². The Hall–Kier alpha value is -4.73. The largest absolute Gasteiger partial charge is 0.378 e. The van der Waals surface area contributed by atoms with Crippen molar-refractivity contribution in [1.82, 2.24) is 9.97 Å². The van der Waals surface area contributed by atoms with Gasteiger partial charge in [-0.25, -0.2) is 9.97 Å². The second-order valence-electron chi connectivity index (χ2n) is 7.45. The molecule has 0 aliphatic carbocycles. The number of carbonyl (C=O) groups excluding carboxylic acids is 1. The van der Waals surface area contributed by atoms with Crippen molar-refractivity contribution >= 4 is 28.9 Å². The van der Waals surface area contributed by atoms with Gasteiger partial charge in [-0.15, -0.1) is 0 Å². The third-order valence-corrected chi connectivity index (χ3v) is 5.18. The van der Waals surface area contributed by atoms with Crippen LogP contribution >= 0.6 is 0 Å². The summed E-state index contributed by atoms with van der Waals surface area (Å²) in [6.45, 7) is 6.46. The molecule has 1 saturated heterocycles. The van der Waals surface area contributed by atoms with Crippen LogP contribution in [0.25, 0.3) is 11.3 Å². The molecule has 2 heterocycles. The number of ether oxygens (including phenoxy) is 1. The van der Waals surface area contributed by atoms with Crippen LogP contribution in [-0.2, 0) is 9.53 Å². The minimum Gasteiger partial charge on any atom is -0.378 e. The Balaban J connectivity index is 1.66. The molecule has 2 aromatic carbocycles. The minimum absolute atomic E-state index is 0.240. The van der Waals surface area contributed by atoms with Gasteiger partial charge in [0.1, 0.15) is 6.07 Å². The molecule has 0 unspecified atom stereocenters. The Morgan fingerprint density at radius 1 is 1.12 bits per heavy atom. The molecule has 0 saturated carbocycles. The highest BCUT2D eigenvalue weighted by atomic mass is 16.5. The first-order valence-corrected chi connectivity index (χ1v) is 10.6. The topological polar surface area (TPSA) is 127 Å². The number of amides is 1. The summed E-state index contributed by atoms with van der Waals surface area (Å²) in [6, 6.07) is 16.8. The molecule has 2 N–H and O–H groups in total. The fourth-order valence-corrected chi connectivity index (χ4v) is 3.57. The number of aromatic nitrogens is 2. The summed E-state index contributed by atoms with van der Waals surface area (Å²) in [6.07, 6.45) is 2.56. The number of hydrogen-bond donors (Lipinski definition) is 2. The number of hydrogen-bond acceptors (Lipinski definition) is 8. The Morgan fingerprint density at radius 3 is 2.68 bits per heavy atom. The number of carbonyl (C=O) groups is 1. The van der Waals surface area contributed by atoms with Crippen LogP contribution in [0.15, 0.2) is 61.3 Å². The molecule has 1 aliphatic heterocycles. The van der Waals surface area contributed by atoms with E-state index in [1.165, 1.54) is 12.3 Å². The van der Waals surface area contributed by atoms with Crippen molar-refractivity contribution in [2.24, 2.45) is 0 Å². The van der Waals surface area contributed by atoms with Crippen LogP contribution in [0, 0.1) is 22.7 Å². The minimum atomic E-state index is -0.410. The van der Waals surface area contributed by atoms with E-state index in [2.05, 4.69) is 44.2 Å². The van der Waals surface area contributed by atoms with E-state index in [1.54, 1.807) is 12.1 Å². The molecule has 0 radical (unpaired) electrons. The van der Waals surface area contributed by atoms with E-state index in [-0.39, 0.29) is 5.56 Å². The second-order valence-corrected chi connectivity index (χ2v) is 7.45. The van der Waals surface area contributed by atoms with Crippen molar-refractivity contribution in [1.29, 1.82) is 10.5 Å². The average molecular weight is 451 g/mol. The van der Waals surface area contributed by atoms with Crippen LogP contribution in [0.3, 0.4) is 0 Å². The van der Waals surface area contributed by atoms with E-state index in [9.17, 15) is 15.3 Å². The molecular weight excluding hydrogens is 430 g/mol. The summed E-state index contributed by atoms with van der Waals surface area (Å²) in [5, 5.41) is 24.9. The number of nitriles is 2. The Kier molecular flexibility index (Phi) is 6.78. The summed E-state index contributed by atoms with van der Waals surface area (Å²) in [7, 11) is 0. The third-order valence-electron chi connectivity index (χ3n) is 5.18. The lowest BCUT2D eigenvalue weighted by Crippen LogP contribution is -2.36. The van der Waals surface area contributed by atoms with Crippen molar-refractivity contribution in [3.8, 4) is 23.4 Å². The van der Waals surface area contributed by atoms with Crippen LogP contribution in [0.4, 0.5) is 23.0 Å². The first kappa shape index (κ1) is 22.5. The van der Waals surface area contributed by atoms with Gasteiger partial charge < -0.3 is 20.3 Å². The molecule has 34 heavy (non-hydrogen) atoms. The number of benzene rings is 2. The van der Waals surface area contributed by atoms with Gasteiger partial charge in [0.15, 0.2) is 0 Å². The van der Waals surface area contributed by atoms with Gasteiger partial charge in [-0.05, 0) is 42.5 Å². The molecule has 9 heteroatoms. The zero-order chi connectivity index (χ0) is 23.9. The molecule has 1 amide bonds. The monoisotopic (exact) mass is 451 g/mol. The molecule has 1 fully saturated rings. The molecule has 0 bridgehead atoms. The van der Waals surface area contributed by atoms with Gasteiger partial charge in [0.25, 0.3) is 0 Å². The van der Waals surface area contributed by atoms with E-state index >= 15 is 0 Å². The number of nitrogens with zero attached hydrogens (tertiary/aromatic N) is 5. The maximum absolute atomic E-state index is 11.7. The summed E-state index contributed by atoms with van der Waals surface area (Å²) >= 11 is 0. The highest BCUT2D eigenvalue weighted by Crippen LogP contribution is 2.28. The quantitative estimate of drug-likeness (QED) is 0.545. The standard InChI is InChI=1S/C25H21N7O2/c1-2-23(33)29-21-11-17(14-26)10-18(12-21)24-19(15-27)16-28-25(31-24)30-20-4-3-5-22(13-20)32-6-8-34-9-7-32/h2-5,10-13,16H,1,6-9H2,(H,29,33)(H,28,30,31). The number of nitrogens with one attached hydrogen (secondary N) is 2. The number of anilines is 4. The normalized spacial score (nSPS) is 12.8. The summed E-state index contributed by atoms with van der Waals surface area (Å²) in [4.78, 5) is 22.8. The molecule has 4 rings (SSSR count). The van der Waals surface area contributed by atoms with Gasteiger partial charge in [0.05, 0.1) is 42.3 Å². The smallest absolute Gasteiger partial charge is 0.247 e. The van der Waals surface area contributed by atoms with Gasteiger partial charge in [0.2, 0.25) is 11.9 Å². The summed E-state index contributed by atoms with van der Waals surface area (Å²) in [5.41, 5.74) is 3.65. The number of rotatable bonds is 6. The zero-order valence-corrected chi connectivity index (χ0v) is 18.3. The molecule has 1 aromatic heterocycles.